The first kappa shape index (κ1) is 13.9. The molecule has 1 aromatic carbocycles. The van der Waals surface area contributed by atoms with Gasteiger partial charge in [0.05, 0.1) is 12.4 Å². The summed E-state index contributed by atoms with van der Waals surface area (Å²) in [5, 5.41) is 4.90. The lowest BCUT2D eigenvalue weighted by Crippen LogP contribution is -2.03. The van der Waals surface area contributed by atoms with E-state index in [-0.39, 0.29) is 0 Å². The molecule has 1 aromatic heterocycles. The molecule has 0 aliphatic carbocycles. The Hall–Kier alpha value is -1.52. The average molecular weight is 280 g/mol. The van der Waals surface area contributed by atoms with Crippen molar-refractivity contribution in [1.29, 1.82) is 0 Å². The summed E-state index contributed by atoms with van der Waals surface area (Å²) >= 11 is 6.17. The van der Waals surface area contributed by atoms with Crippen LogP contribution in [0.1, 0.15) is 25.5 Å². The maximum absolute atomic E-state index is 6.17. The molecule has 0 radical (unpaired) electrons. The van der Waals surface area contributed by atoms with Crippen molar-refractivity contribution in [2.45, 2.75) is 26.3 Å². The van der Waals surface area contributed by atoms with Crippen molar-refractivity contribution >= 4 is 11.6 Å². The minimum atomic E-state index is 0.313. The smallest absolute Gasteiger partial charge is 0.165 e. The fourth-order valence-corrected chi connectivity index (χ4v) is 2.01. The third kappa shape index (κ3) is 3.49. The van der Waals surface area contributed by atoms with Crippen LogP contribution < -0.4 is 10.5 Å². The van der Waals surface area contributed by atoms with Gasteiger partial charge in [0.2, 0.25) is 0 Å². The molecule has 0 fully saturated rings. The minimum Gasteiger partial charge on any atom is -0.454 e. The molecule has 0 saturated carbocycles. The largest absolute Gasteiger partial charge is 0.454 e. The second-order valence-corrected chi connectivity index (χ2v) is 5.05. The van der Waals surface area contributed by atoms with Crippen molar-refractivity contribution in [2.75, 3.05) is 6.54 Å². The Labute approximate surface area is 118 Å². The fourth-order valence-electron chi connectivity index (χ4n) is 1.74. The second kappa shape index (κ2) is 6.08. The molecule has 0 aliphatic heterocycles. The number of nitrogens with zero attached hydrogens (tertiary/aromatic N) is 2. The van der Waals surface area contributed by atoms with E-state index in [0.717, 1.165) is 12.0 Å². The van der Waals surface area contributed by atoms with E-state index in [4.69, 9.17) is 22.1 Å². The van der Waals surface area contributed by atoms with Gasteiger partial charge in [0, 0.05) is 11.1 Å². The van der Waals surface area contributed by atoms with Gasteiger partial charge in [-0.2, -0.15) is 5.10 Å². The number of hydrogen-bond donors (Lipinski definition) is 1. The molecule has 0 spiro atoms. The molecule has 0 atom stereocenters. The molecule has 0 aliphatic rings. The van der Waals surface area contributed by atoms with Crippen LogP contribution in [0.4, 0.5) is 0 Å². The normalized spacial score (nSPS) is 11.0. The van der Waals surface area contributed by atoms with Crippen LogP contribution in [-0.2, 0) is 6.42 Å². The summed E-state index contributed by atoms with van der Waals surface area (Å²) in [5.74, 6) is 1.41. The first-order valence-corrected chi connectivity index (χ1v) is 6.68. The number of rotatable bonds is 5. The zero-order chi connectivity index (χ0) is 13.8. The van der Waals surface area contributed by atoms with Crippen LogP contribution >= 0.6 is 11.6 Å². The van der Waals surface area contributed by atoms with Crippen molar-refractivity contribution in [3.05, 3.63) is 41.2 Å². The maximum atomic E-state index is 6.17. The summed E-state index contributed by atoms with van der Waals surface area (Å²) in [6.07, 6.45) is 4.33. The van der Waals surface area contributed by atoms with Gasteiger partial charge in [0.15, 0.2) is 5.75 Å². The molecule has 0 amide bonds. The quantitative estimate of drug-likeness (QED) is 0.912. The molecule has 1 heterocycles. The van der Waals surface area contributed by atoms with E-state index in [9.17, 15) is 0 Å². The van der Waals surface area contributed by atoms with Crippen LogP contribution in [0.5, 0.6) is 11.5 Å². The van der Waals surface area contributed by atoms with Gasteiger partial charge in [0.1, 0.15) is 5.75 Å². The highest BCUT2D eigenvalue weighted by molar-refractivity contribution is 6.31. The third-order valence-corrected chi connectivity index (χ3v) is 3.13. The molecule has 2 rings (SSSR count). The molecule has 2 N–H and O–H groups in total. The predicted octanol–water partition coefficient (Wildman–Crippen LogP) is 3.41. The fraction of sp³-hybridized carbons (Fsp3) is 0.357. The summed E-state index contributed by atoms with van der Waals surface area (Å²) < 4.78 is 7.57. The van der Waals surface area contributed by atoms with Gasteiger partial charge in [0.25, 0.3) is 0 Å². The molecule has 0 saturated heterocycles. The van der Waals surface area contributed by atoms with Gasteiger partial charge in [-0.25, -0.2) is 0 Å². The standard InChI is InChI=1S/C14H18ClN3O/c1-10(2)18-9-13(8-17-18)19-12-4-3-11(5-6-16)14(15)7-12/h3-4,7-10H,5-6,16H2,1-2H3. The van der Waals surface area contributed by atoms with Crippen LogP contribution in [0.2, 0.25) is 5.02 Å². The molecule has 5 heteroatoms. The van der Waals surface area contributed by atoms with Crippen molar-refractivity contribution < 1.29 is 4.74 Å². The van der Waals surface area contributed by atoms with Gasteiger partial charge < -0.3 is 10.5 Å². The van der Waals surface area contributed by atoms with E-state index in [1.165, 1.54) is 0 Å². The Bertz CT molecular complexity index is 551. The predicted molar refractivity (Wildman–Crippen MR) is 76.9 cm³/mol. The molecule has 0 unspecified atom stereocenters. The first-order chi connectivity index (χ1) is 9.10. The lowest BCUT2D eigenvalue weighted by Gasteiger charge is -2.07. The number of benzene rings is 1. The van der Waals surface area contributed by atoms with Crippen molar-refractivity contribution in [1.82, 2.24) is 9.78 Å². The van der Waals surface area contributed by atoms with Crippen LogP contribution in [0.15, 0.2) is 30.6 Å². The van der Waals surface area contributed by atoms with Crippen LogP contribution in [-0.4, -0.2) is 16.3 Å². The minimum absolute atomic E-state index is 0.313. The third-order valence-electron chi connectivity index (χ3n) is 2.78. The molecule has 4 nitrogen and oxygen atoms in total. The zero-order valence-electron chi connectivity index (χ0n) is 11.1. The second-order valence-electron chi connectivity index (χ2n) is 4.64. The van der Waals surface area contributed by atoms with E-state index in [1.54, 1.807) is 12.3 Å². The van der Waals surface area contributed by atoms with E-state index in [1.807, 2.05) is 23.0 Å². The van der Waals surface area contributed by atoms with Gasteiger partial charge in [-0.15, -0.1) is 0 Å². The monoisotopic (exact) mass is 279 g/mol. The van der Waals surface area contributed by atoms with E-state index < -0.39 is 0 Å². The number of halogens is 1. The van der Waals surface area contributed by atoms with Gasteiger partial charge in [-0.3, -0.25) is 4.68 Å². The summed E-state index contributed by atoms with van der Waals surface area (Å²) in [6.45, 7) is 4.71. The summed E-state index contributed by atoms with van der Waals surface area (Å²) in [7, 11) is 0. The van der Waals surface area contributed by atoms with Crippen molar-refractivity contribution in [2.24, 2.45) is 5.73 Å². The Kier molecular flexibility index (Phi) is 4.45. The Morgan fingerprint density at radius 1 is 1.37 bits per heavy atom. The van der Waals surface area contributed by atoms with Gasteiger partial charge in [-0.05, 0) is 44.5 Å². The van der Waals surface area contributed by atoms with Gasteiger partial charge >= 0.3 is 0 Å². The molecule has 19 heavy (non-hydrogen) atoms. The van der Waals surface area contributed by atoms with Crippen molar-refractivity contribution in [3.63, 3.8) is 0 Å². The maximum Gasteiger partial charge on any atom is 0.165 e. The Morgan fingerprint density at radius 3 is 2.74 bits per heavy atom. The number of aromatic nitrogens is 2. The van der Waals surface area contributed by atoms with Crippen LogP contribution in [0.3, 0.4) is 0 Å². The summed E-state index contributed by atoms with van der Waals surface area (Å²) in [5.41, 5.74) is 6.56. The van der Waals surface area contributed by atoms with Crippen LogP contribution in [0, 0.1) is 0 Å². The highest BCUT2D eigenvalue weighted by Gasteiger charge is 2.06. The zero-order valence-corrected chi connectivity index (χ0v) is 11.9. The highest BCUT2D eigenvalue weighted by Crippen LogP contribution is 2.27. The number of hydrogen-bond acceptors (Lipinski definition) is 3. The van der Waals surface area contributed by atoms with E-state index >= 15 is 0 Å². The Morgan fingerprint density at radius 2 is 2.16 bits per heavy atom. The van der Waals surface area contributed by atoms with Gasteiger partial charge in [-0.1, -0.05) is 17.7 Å². The molecule has 2 aromatic rings. The van der Waals surface area contributed by atoms with Crippen LogP contribution in [0.25, 0.3) is 0 Å². The number of nitrogens with two attached hydrogens (primary N) is 1. The molecular formula is C14H18ClN3O. The highest BCUT2D eigenvalue weighted by atomic mass is 35.5. The number of ether oxygens (including phenoxy) is 1. The van der Waals surface area contributed by atoms with E-state index in [2.05, 4.69) is 18.9 Å². The van der Waals surface area contributed by atoms with E-state index in [0.29, 0.717) is 29.1 Å². The summed E-state index contributed by atoms with van der Waals surface area (Å²) in [6, 6.07) is 5.95. The molecular weight excluding hydrogens is 262 g/mol. The SMILES string of the molecule is CC(C)n1cc(Oc2ccc(CCN)c(Cl)c2)cn1. The topological polar surface area (TPSA) is 53.1 Å². The molecule has 0 bridgehead atoms. The summed E-state index contributed by atoms with van der Waals surface area (Å²) in [4.78, 5) is 0. The lowest BCUT2D eigenvalue weighted by molar-refractivity contribution is 0.477. The molecule has 102 valence electrons. The lowest BCUT2D eigenvalue weighted by atomic mass is 10.1. The van der Waals surface area contributed by atoms with Crippen molar-refractivity contribution in [3.8, 4) is 11.5 Å². The Balaban J connectivity index is 2.12. The average Bonchev–Trinajstić information content (AvgIpc) is 2.81. The first-order valence-electron chi connectivity index (χ1n) is 6.30.